The van der Waals surface area contributed by atoms with Gasteiger partial charge in [0.05, 0.1) is 16.9 Å². The Balaban J connectivity index is 2.10. The number of aryl methyl sites for hydroxylation is 2. The molecule has 0 atom stereocenters. The van der Waals surface area contributed by atoms with E-state index in [1.807, 2.05) is 6.92 Å². The van der Waals surface area contributed by atoms with Gasteiger partial charge in [-0.3, -0.25) is 9.20 Å². The van der Waals surface area contributed by atoms with Crippen LogP contribution in [0.15, 0.2) is 36.5 Å². The van der Waals surface area contributed by atoms with E-state index in [2.05, 4.69) is 10.3 Å². The average molecular weight is 377 g/mol. The quantitative estimate of drug-likeness (QED) is 0.655. The average Bonchev–Trinajstić information content (AvgIpc) is 2.95. The summed E-state index contributed by atoms with van der Waals surface area (Å²) in [6.45, 7) is 3.68. The number of fused-ring (bicyclic) bond motifs is 1. The number of amides is 1. The predicted molar refractivity (Wildman–Crippen MR) is 95.0 cm³/mol. The van der Waals surface area contributed by atoms with Crippen LogP contribution >= 0.6 is 0 Å². The molecule has 0 aliphatic carbocycles. The summed E-state index contributed by atoms with van der Waals surface area (Å²) in [5.74, 6) is -0.762. The topological polar surface area (TPSA) is 66.6 Å². The van der Waals surface area contributed by atoms with Crippen LogP contribution in [0, 0.1) is 6.92 Å². The fourth-order valence-electron chi connectivity index (χ4n) is 2.84. The Hall–Kier alpha value is -3.03. The fraction of sp³-hybridized carbons (Fsp3) is 0.263. The van der Waals surface area contributed by atoms with Gasteiger partial charge in [-0.05, 0) is 43.2 Å². The van der Waals surface area contributed by atoms with Crippen molar-refractivity contribution in [3.8, 4) is 5.75 Å². The molecular formula is C19H18F3N3O2. The zero-order valence-corrected chi connectivity index (χ0v) is 14.8. The van der Waals surface area contributed by atoms with Crippen molar-refractivity contribution in [2.24, 2.45) is 0 Å². The van der Waals surface area contributed by atoms with Gasteiger partial charge in [0.2, 0.25) is 0 Å². The van der Waals surface area contributed by atoms with Gasteiger partial charge in [-0.2, -0.15) is 13.2 Å². The SMILES string of the molecule is CCCc1nc2ccc(C(F)(F)F)cn2c1C(=O)Nc1cc(C)ccc1O. The molecule has 0 spiro atoms. The number of benzene rings is 1. The number of carbonyl (C=O) groups is 1. The molecule has 0 radical (unpaired) electrons. The summed E-state index contributed by atoms with van der Waals surface area (Å²) in [6, 6.07) is 6.87. The van der Waals surface area contributed by atoms with Crippen molar-refractivity contribution >= 4 is 17.2 Å². The Morgan fingerprint density at radius 2 is 2.00 bits per heavy atom. The lowest BCUT2D eigenvalue weighted by Crippen LogP contribution is -2.17. The maximum atomic E-state index is 13.1. The molecule has 27 heavy (non-hydrogen) atoms. The van der Waals surface area contributed by atoms with Crippen LogP contribution in [0.4, 0.5) is 18.9 Å². The van der Waals surface area contributed by atoms with Gasteiger partial charge in [-0.15, -0.1) is 0 Å². The van der Waals surface area contributed by atoms with Crippen LogP contribution in [0.25, 0.3) is 5.65 Å². The summed E-state index contributed by atoms with van der Waals surface area (Å²) < 4.78 is 40.4. The van der Waals surface area contributed by atoms with E-state index >= 15 is 0 Å². The molecule has 0 bridgehead atoms. The van der Waals surface area contributed by atoms with Crippen LogP contribution in [-0.4, -0.2) is 20.4 Å². The first-order chi connectivity index (χ1) is 12.7. The highest BCUT2D eigenvalue weighted by atomic mass is 19.4. The molecule has 0 unspecified atom stereocenters. The number of nitrogens with one attached hydrogen (secondary N) is 1. The van der Waals surface area contributed by atoms with E-state index in [1.54, 1.807) is 19.1 Å². The number of phenolic OH excluding ortho intramolecular Hbond substituents is 1. The van der Waals surface area contributed by atoms with Crippen LogP contribution in [0.3, 0.4) is 0 Å². The summed E-state index contributed by atoms with van der Waals surface area (Å²) in [5, 5.41) is 12.5. The molecular weight excluding hydrogens is 359 g/mol. The van der Waals surface area contributed by atoms with Crippen molar-refractivity contribution in [1.82, 2.24) is 9.38 Å². The minimum atomic E-state index is -4.54. The number of nitrogens with zero attached hydrogens (tertiary/aromatic N) is 2. The van der Waals surface area contributed by atoms with Gasteiger partial charge < -0.3 is 10.4 Å². The first-order valence-corrected chi connectivity index (χ1v) is 8.40. The summed E-state index contributed by atoms with van der Waals surface area (Å²) in [4.78, 5) is 17.1. The molecule has 5 nitrogen and oxygen atoms in total. The van der Waals surface area contributed by atoms with Crippen LogP contribution in [0.2, 0.25) is 0 Å². The van der Waals surface area contributed by atoms with E-state index < -0.39 is 17.6 Å². The number of rotatable bonds is 4. The number of carbonyl (C=O) groups excluding carboxylic acids is 1. The third-order valence-corrected chi connectivity index (χ3v) is 4.12. The van der Waals surface area contributed by atoms with Gasteiger partial charge in [-0.1, -0.05) is 19.4 Å². The van der Waals surface area contributed by atoms with Crippen LogP contribution < -0.4 is 5.32 Å². The molecule has 0 saturated heterocycles. The van der Waals surface area contributed by atoms with Gasteiger partial charge in [0.1, 0.15) is 17.1 Å². The first kappa shape index (κ1) is 18.8. The Kier molecular flexibility index (Phi) is 4.82. The molecule has 2 heterocycles. The fourth-order valence-corrected chi connectivity index (χ4v) is 2.84. The molecule has 3 aromatic rings. The molecule has 0 saturated carbocycles. The Labute approximate surface area is 153 Å². The second-order valence-electron chi connectivity index (χ2n) is 6.28. The number of aromatic hydroxyl groups is 1. The number of phenols is 1. The van der Waals surface area contributed by atoms with Crippen molar-refractivity contribution in [2.75, 3.05) is 5.32 Å². The van der Waals surface area contributed by atoms with E-state index in [0.29, 0.717) is 18.5 Å². The smallest absolute Gasteiger partial charge is 0.417 e. The minimum Gasteiger partial charge on any atom is -0.506 e. The summed E-state index contributed by atoms with van der Waals surface area (Å²) in [6.07, 6.45) is -2.56. The highest BCUT2D eigenvalue weighted by Crippen LogP contribution is 2.30. The van der Waals surface area contributed by atoms with Crippen molar-refractivity contribution in [3.05, 3.63) is 59.0 Å². The number of alkyl halides is 3. The molecule has 0 fully saturated rings. The maximum absolute atomic E-state index is 13.1. The predicted octanol–water partition coefficient (Wildman–Crippen LogP) is 4.57. The van der Waals surface area contributed by atoms with E-state index in [-0.39, 0.29) is 22.8 Å². The van der Waals surface area contributed by atoms with Crippen LogP contribution in [0.5, 0.6) is 5.75 Å². The largest absolute Gasteiger partial charge is 0.506 e. The number of pyridine rings is 1. The molecule has 8 heteroatoms. The highest BCUT2D eigenvalue weighted by molar-refractivity contribution is 6.05. The van der Waals surface area contributed by atoms with E-state index in [1.165, 1.54) is 12.1 Å². The van der Waals surface area contributed by atoms with E-state index in [9.17, 15) is 23.1 Å². The molecule has 2 N–H and O–H groups in total. The number of halogens is 3. The lowest BCUT2D eigenvalue weighted by atomic mass is 10.1. The van der Waals surface area contributed by atoms with Gasteiger partial charge in [-0.25, -0.2) is 4.98 Å². The molecule has 2 aromatic heterocycles. The molecule has 0 aliphatic heterocycles. The molecule has 3 rings (SSSR count). The second-order valence-corrected chi connectivity index (χ2v) is 6.28. The van der Waals surface area contributed by atoms with Crippen LogP contribution in [-0.2, 0) is 12.6 Å². The second kappa shape index (κ2) is 6.94. The van der Waals surface area contributed by atoms with E-state index in [0.717, 1.165) is 22.2 Å². The zero-order valence-electron chi connectivity index (χ0n) is 14.8. The van der Waals surface area contributed by atoms with Crippen molar-refractivity contribution in [2.45, 2.75) is 32.9 Å². The first-order valence-electron chi connectivity index (χ1n) is 8.40. The minimum absolute atomic E-state index is 0.0267. The molecule has 0 aliphatic rings. The summed E-state index contributed by atoms with van der Waals surface area (Å²) >= 11 is 0. The van der Waals surface area contributed by atoms with Gasteiger partial charge in [0.25, 0.3) is 5.91 Å². The third kappa shape index (κ3) is 3.74. The molecule has 1 aromatic carbocycles. The van der Waals surface area contributed by atoms with E-state index in [4.69, 9.17) is 0 Å². The van der Waals surface area contributed by atoms with Gasteiger partial charge in [0.15, 0.2) is 0 Å². The highest BCUT2D eigenvalue weighted by Gasteiger charge is 2.32. The summed E-state index contributed by atoms with van der Waals surface area (Å²) in [7, 11) is 0. The number of aromatic nitrogens is 2. The standard InChI is InChI=1S/C19H18F3N3O2/c1-3-4-13-17(18(27)24-14-9-11(2)5-7-15(14)26)25-10-12(19(20,21)22)6-8-16(25)23-13/h5-10,26H,3-4H2,1-2H3,(H,24,27). The zero-order chi connectivity index (χ0) is 19.8. The van der Waals surface area contributed by atoms with Crippen molar-refractivity contribution in [3.63, 3.8) is 0 Å². The summed E-state index contributed by atoms with van der Waals surface area (Å²) in [5.41, 5.74) is 0.812. The normalized spacial score (nSPS) is 11.7. The molecule has 1 amide bonds. The monoisotopic (exact) mass is 377 g/mol. The Morgan fingerprint density at radius 3 is 2.67 bits per heavy atom. The third-order valence-electron chi connectivity index (χ3n) is 4.12. The van der Waals surface area contributed by atoms with Gasteiger partial charge >= 0.3 is 6.18 Å². The lowest BCUT2D eigenvalue weighted by Gasteiger charge is -2.11. The Morgan fingerprint density at radius 1 is 1.26 bits per heavy atom. The maximum Gasteiger partial charge on any atom is 0.417 e. The number of hydrogen-bond donors (Lipinski definition) is 2. The Bertz CT molecular complexity index is 1010. The lowest BCUT2D eigenvalue weighted by molar-refractivity contribution is -0.137. The molecule has 142 valence electrons. The van der Waals surface area contributed by atoms with Crippen molar-refractivity contribution < 1.29 is 23.1 Å². The van der Waals surface area contributed by atoms with Gasteiger partial charge in [0, 0.05) is 6.20 Å². The number of hydrogen-bond acceptors (Lipinski definition) is 3. The van der Waals surface area contributed by atoms with Crippen molar-refractivity contribution in [1.29, 1.82) is 0 Å². The number of imidazole rings is 1. The number of anilines is 1. The van der Waals surface area contributed by atoms with Crippen LogP contribution in [0.1, 0.15) is 40.7 Å².